The molecule has 0 radical (unpaired) electrons. The second-order valence-corrected chi connectivity index (χ2v) is 8.80. The van der Waals surface area contributed by atoms with Gasteiger partial charge in [-0.2, -0.15) is 0 Å². The molecule has 6 heteroatoms. The Morgan fingerprint density at radius 2 is 1.93 bits per heavy atom. The molecule has 154 valence electrons. The normalized spacial score (nSPS) is 14.5. The molecule has 1 fully saturated rings. The Hall–Kier alpha value is -2.37. The average molecular weight is 388 g/mol. The quantitative estimate of drug-likeness (QED) is 0.722. The first-order valence-corrected chi connectivity index (χ1v) is 10.0. The molecule has 28 heavy (non-hydrogen) atoms. The van der Waals surface area contributed by atoms with E-state index in [1.54, 1.807) is 9.80 Å². The van der Waals surface area contributed by atoms with Gasteiger partial charge in [-0.05, 0) is 36.5 Å². The fourth-order valence-corrected chi connectivity index (χ4v) is 3.21. The highest BCUT2D eigenvalue weighted by Crippen LogP contribution is 2.22. The molecule has 1 aromatic carbocycles. The molecule has 1 heterocycles. The van der Waals surface area contributed by atoms with Crippen LogP contribution in [0, 0.1) is 12.3 Å². The van der Waals surface area contributed by atoms with Crippen molar-refractivity contribution in [2.75, 3.05) is 31.2 Å². The van der Waals surface area contributed by atoms with E-state index >= 15 is 0 Å². The first-order valence-electron chi connectivity index (χ1n) is 10.0. The van der Waals surface area contributed by atoms with E-state index in [-0.39, 0.29) is 42.9 Å². The predicted octanol–water partition coefficient (Wildman–Crippen LogP) is 3.19. The Morgan fingerprint density at radius 3 is 2.54 bits per heavy atom. The molecule has 0 bridgehead atoms. The Labute approximate surface area is 168 Å². The van der Waals surface area contributed by atoms with Crippen LogP contribution in [0.1, 0.15) is 52.5 Å². The van der Waals surface area contributed by atoms with Crippen LogP contribution in [0.25, 0.3) is 0 Å². The lowest BCUT2D eigenvalue weighted by Gasteiger charge is -2.28. The molecule has 1 aliphatic rings. The van der Waals surface area contributed by atoms with Gasteiger partial charge < -0.3 is 9.80 Å². The summed E-state index contributed by atoms with van der Waals surface area (Å²) in [7, 11) is 0. The smallest absolute Gasteiger partial charge is 0.248 e. The molecular formula is C22H33N3O3. The number of hydrogen-bond donors (Lipinski definition) is 0. The van der Waals surface area contributed by atoms with Crippen LogP contribution in [-0.4, -0.2) is 53.8 Å². The van der Waals surface area contributed by atoms with Crippen molar-refractivity contribution >= 4 is 23.4 Å². The Balaban J connectivity index is 2.04. The molecule has 6 nitrogen and oxygen atoms in total. The van der Waals surface area contributed by atoms with Crippen LogP contribution in [0.15, 0.2) is 24.3 Å². The molecular weight excluding hydrogens is 354 g/mol. The van der Waals surface area contributed by atoms with Crippen molar-refractivity contribution in [2.24, 2.45) is 5.41 Å². The molecule has 0 saturated carbocycles. The number of carbonyl (C=O) groups excluding carboxylic acids is 3. The highest BCUT2D eigenvalue weighted by molar-refractivity contribution is 6.00. The molecule has 0 N–H and O–H groups in total. The monoisotopic (exact) mass is 387 g/mol. The van der Waals surface area contributed by atoms with Gasteiger partial charge in [0.05, 0.1) is 6.54 Å². The molecule has 0 aliphatic carbocycles. The first kappa shape index (κ1) is 21.9. The zero-order valence-electron chi connectivity index (χ0n) is 17.8. The van der Waals surface area contributed by atoms with Crippen LogP contribution < -0.4 is 4.90 Å². The van der Waals surface area contributed by atoms with E-state index in [1.807, 2.05) is 52.0 Å². The maximum absolute atomic E-state index is 12.8. The third-order valence-corrected chi connectivity index (χ3v) is 4.75. The SMILES string of the molecule is CCCCN(CC(=O)N1CC(=O)N(c2cccc(C)c2)C1)C(=O)CC(C)(C)C. The summed E-state index contributed by atoms with van der Waals surface area (Å²) < 4.78 is 0. The summed E-state index contributed by atoms with van der Waals surface area (Å²) in [6.07, 6.45) is 2.21. The van der Waals surface area contributed by atoms with Crippen molar-refractivity contribution in [2.45, 2.75) is 53.9 Å². The number of benzene rings is 1. The van der Waals surface area contributed by atoms with E-state index in [4.69, 9.17) is 0 Å². The first-order chi connectivity index (χ1) is 13.1. The molecule has 0 aromatic heterocycles. The third-order valence-electron chi connectivity index (χ3n) is 4.75. The molecule has 3 amide bonds. The number of carbonyl (C=O) groups is 3. The van der Waals surface area contributed by atoms with Crippen LogP contribution in [0.4, 0.5) is 5.69 Å². The molecule has 0 spiro atoms. The van der Waals surface area contributed by atoms with Gasteiger partial charge in [0.15, 0.2) is 0 Å². The number of unbranched alkanes of at least 4 members (excludes halogenated alkanes) is 1. The summed E-state index contributed by atoms with van der Waals surface area (Å²) in [4.78, 5) is 42.8. The van der Waals surface area contributed by atoms with Gasteiger partial charge in [0.2, 0.25) is 17.7 Å². The number of nitrogens with zero attached hydrogens (tertiary/aromatic N) is 3. The van der Waals surface area contributed by atoms with Crippen LogP contribution in [0.3, 0.4) is 0 Å². The zero-order valence-corrected chi connectivity index (χ0v) is 17.8. The summed E-state index contributed by atoms with van der Waals surface area (Å²) in [5, 5.41) is 0. The maximum Gasteiger partial charge on any atom is 0.248 e. The van der Waals surface area contributed by atoms with Crippen molar-refractivity contribution < 1.29 is 14.4 Å². The van der Waals surface area contributed by atoms with Gasteiger partial charge in [0, 0.05) is 18.7 Å². The van der Waals surface area contributed by atoms with Gasteiger partial charge in [-0.25, -0.2) is 0 Å². The minimum absolute atomic E-state index is 0.00429. The van der Waals surface area contributed by atoms with Crippen LogP contribution >= 0.6 is 0 Å². The predicted molar refractivity (Wildman–Crippen MR) is 111 cm³/mol. The van der Waals surface area contributed by atoms with Gasteiger partial charge in [-0.3, -0.25) is 19.3 Å². The van der Waals surface area contributed by atoms with Crippen molar-refractivity contribution in [3.05, 3.63) is 29.8 Å². The van der Waals surface area contributed by atoms with Gasteiger partial charge in [-0.15, -0.1) is 0 Å². The molecule has 1 aliphatic heterocycles. The fraction of sp³-hybridized carbons (Fsp3) is 0.591. The van der Waals surface area contributed by atoms with E-state index in [0.29, 0.717) is 13.0 Å². The molecule has 1 aromatic rings. The lowest BCUT2D eigenvalue weighted by Crippen LogP contribution is -2.44. The highest BCUT2D eigenvalue weighted by atomic mass is 16.2. The summed E-state index contributed by atoms with van der Waals surface area (Å²) in [6.45, 7) is 11.0. The summed E-state index contributed by atoms with van der Waals surface area (Å²) in [5.74, 6) is -0.280. The fourth-order valence-electron chi connectivity index (χ4n) is 3.21. The van der Waals surface area contributed by atoms with E-state index in [1.165, 1.54) is 4.90 Å². The number of amides is 3. The average Bonchev–Trinajstić information content (AvgIpc) is 2.98. The Bertz CT molecular complexity index is 724. The summed E-state index contributed by atoms with van der Waals surface area (Å²) in [6, 6.07) is 7.69. The van der Waals surface area contributed by atoms with Gasteiger partial charge in [-0.1, -0.05) is 46.2 Å². The third kappa shape index (κ3) is 6.08. The van der Waals surface area contributed by atoms with Crippen LogP contribution in [0.2, 0.25) is 0 Å². The summed E-state index contributed by atoms with van der Waals surface area (Å²) >= 11 is 0. The molecule has 0 atom stereocenters. The minimum atomic E-state index is -0.179. The Morgan fingerprint density at radius 1 is 1.21 bits per heavy atom. The number of anilines is 1. The van der Waals surface area contributed by atoms with E-state index in [0.717, 1.165) is 24.1 Å². The van der Waals surface area contributed by atoms with E-state index < -0.39 is 0 Å². The lowest BCUT2D eigenvalue weighted by atomic mass is 9.91. The van der Waals surface area contributed by atoms with E-state index in [9.17, 15) is 14.4 Å². The lowest BCUT2D eigenvalue weighted by molar-refractivity contribution is -0.141. The topological polar surface area (TPSA) is 60.9 Å². The van der Waals surface area contributed by atoms with Crippen molar-refractivity contribution in [3.8, 4) is 0 Å². The van der Waals surface area contributed by atoms with Gasteiger partial charge >= 0.3 is 0 Å². The summed E-state index contributed by atoms with van der Waals surface area (Å²) in [5.41, 5.74) is 1.73. The van der Waals surface area contributed by atoms with Crippen molar-refractivity contribution in [1.29, 1.82) is 0 Å². The Kier molecular flexibility index (Phi) is 7.22. The number of hydrogen-bond acceptors (Lipinski definition) is 3. The molecule has 1 saturated heterocycles. The highest BCUT2D eigenvalue weighted by Gasteiger charge is 2.33. The number of aryl methyl sites for hydroxylation is 1. The largest absolute Gasteiger partial charge is 0.333 e. The number of rotatable bonds is 7. The second-order valence-electron chi connectivity index (χ2n) is 8.80. The molecule has 2 rings (SSSR count). The van der Waals surface area contributed by atoms with Crippen LogP contribution in [0.5, 0.6) is 0 Å². The van der Waals surface area contributed by atoms with Gasteiger partial charge in [0.25, 0.3) is 0 Å². The molecule has 0 unspecified atom stereocenters. The van der Waals surface area contributed by atoms with Crippen molar-refractivity contribution in [1.82, 2.24) is 9.80 Å². The van der Waals surface area contributed by atoms with Crippen LogP contribution in [-0.2, 0) is 14.4 Å². The van der Waals surface area contributed by atoms with Gasteiger partial charge in [0.1, 0.15) is 13.2 Å². The standard InChI is InChI=1S/C22H33N3O3/c1-6-7-11-23(19(26)13-22(3,4)5)14-20(27)24-15-21(28)25(16-24)18-10-8-9-17(2)12-18/h8-10,12H,6-7,11,13-16H2,1-5H3. The second kappa shape index (κ2) is 9.22. The van der Waals surface area contributed by atoms with Crippen molar-refractivity contribution in [3.63, 3.8) is 0 Å². The minimum Gasteiger partial charge on any atom is -0.333 e. The maximum atomic E-state index is 12.8. The van der Waals surface area contributed by atoms with E-state index in [2.05, 4.69) is 6.92 Å². The zero-order chi connectivity index (χ0) is 20.9.